The van der Waals surface area contributed by atoms with E-state index < -0.39 is 81.7 Å². The number of anilines is 3. The van der Waals surface area contributed by atoms with Crippen LogP contribution in [0.5, 0.6) is 10.4 Å². The molecule has 19 rings (SSSR count). The Morgan fingerprint density at radius 3 is 1.21 bits per heavy atom. The van der Waals surface area contributed by atoms with E-state index in [0.717, 1.165) is 58.7 Å². The number of nitrogens with zero attached hydrogens (tertiary/aromatic N) is 21. The molecule has 15 heterocycles. The van der Waals surface area contributed by atoms with E-state index in [2.05, 4.69) is 49.8 Å². The summed E-state index contributed by atoms with van der Waals surface area (Å²) in [5, 5.41) is 17.4. The van der Waals surface area contributed by atoms with E-state index in [9.17, 15) is 49.5 Å². The molecule has 1 aliphatic carbocycles. The number of benzene rings is 3. The zero-order chi connectivity index (χ0) is 85.4. The molecule has 30 nitrogen and oxygen atoms in total. The minimum Gasteiger partial charge on any atom is -0.468 e. The molecule has 3 atom stereocenters. The number of nitrogens with two attached hydrogens (primary N) is 3. The van der Waals surface area contributed by atoms with Crippen LogP contribution < -0.4 is 43.4 Å². The van der Waals surface area contributed by atoms with Gasteiger partial charge in [-0.15, -0.1) is 11.3 Å². The summed E-state index contributed by atoms with van der Waals surface area (Å²) < 4.78 is 136. The predicted octanol–water partition coefficient (Wildman–Crippen LogP) is 14.1. The van der Waals surface area contributed by atoms with E-state index >= 15 is 0 Å². The summed E-state index contributed by atoms with van der Waals surface area (Å²) in [6.45, 7) is 9.86. The van der Waals surface area contributed by atoms with E-state index in [1.807, 2.05) is 20.8 Å². The first kappa shape index (κ1) is 80.1. The minimum absolute atomic E-state index is 0.0492. The zero-order valence-corrected chi connectivity index (χ0v) is 66.9. The Bertz CT molecular complexity index is 7390. The molecule has 616 valence electrons. The van der Waals surface area contributed by atoms with Crippen molar-refractivity contribution in [2.45, 2.75) is 77.6 Å². The van der Waals surface area contributed by atoms with Gasteiger partial charge in [-0.25, -0.2) is 109 Å². The molecule has 0 radical (unpaired) electrons. The van der Waals surface area contributed by atoms with Crippen LogP contribution in [0.1, 0.15) is 79.5 Å². The van der Waals surface area contributed by atoms with Gasteiger partial charge < -0.3 is 31.4 Å². The summed E-state index contributed by atoms with van der Waals surface area (Å²) in [4.78, 5) is 96.1. The van der Waals surface area contributed by atoms with E-state index in [1.54, 1.807) is 54.7 Å². The maximum atomic E-state index is 14.3. The van der Waals surface area contributed by atoms with E-state index in [-0.39, 0.29) is 91.6 Å². The van der Waals surface area contributed by atoms with Gasteiger partial charge in [-0.2, -0.15) is 15.3 Å². The molecule has 41 heteroatoms. The molecule has 0 saturated heterocycles. The number of fused-ring (bicyclic) bond motifs is 6. The molecule has 0 bridgehead atoms. The van der Waals surface area contributed by atoms with Crippen LogP contribution in [0.3, 0.4) is 0 Å². The van der Waals surface area contributed by atoms with Crippen molar-refractivity contribution in [2.75, 3.05) is 37.5 Å². The van der Waals surface area contributed by atoms with Gasteiger partial charge in [0.05, 0.1) is 112 Å². The zero-order valence-electron chi connectivity index (χ0n) is 64.5. The highest BCUT2D eigenvalue weighted by atomic mass is 32.1. The SMILES string of the molecule is CC(c1nc2ccc(F)cn2c(=O)c1-c1cccc(F)c1)n1nc(-c2cnc(OC3CC(F)(F)C3)s2)c2c(N)ncnc21.COCCOc1ncc(-c2nn(C(C)c3nc4ccc(F)cn4c(=O)c3-c3cccc(F)c3)c3ncnc(N)c23)s1.Cc1nc(C)c(-c2nn(C(C)c3nc4ccc(F)cn4c(=O)c3-c3cccc(F)c3)c3ncnc(N)c23)s1. The van der Waals surface area contributed by atoms with Crippen molar-refractivity contribution in [3.63, 3.8) is 0 Å². The highest BCUT2D eigenvalue weighted by Gasteiger charge is 2.47. The summed E-state index contributed by atoms with van der Waals surface area (Å²) >= 11 is 3.85. The van der Waals surface area contributed by atoms with Crippen LogP contribution in [0.4, 0.5) is 52.6 Å². The minimum atomic E-state index is -2.74. The largest absolute Gasteiger partial charge is 0.468 e. The summed E-state index contributed by atoms with van der Waals surface area (Å²) in [5.41, 5.74) is 23.0. The number of thiazole rings is 3. The molecule has 1 aliphatic rings. The molecule has 1 fully saturated rings. The molecule has 0 amide bonds. The maximum Gasteiger partial charge on any atom is 0.274 e. The van der Waals surface area contributed by atoms with Gasteiger partial charge in [-0.1, -0.05) is 59.1 Å². The predicted molar refractivity (Wildman–Crippen MR) is 440 cm³/mol. The van der Waals surface area contributed by atoms with Gasteiger partial charge in [0.1, 0.15) is 118 Å². The number of aromatic nitrogens is 21. The fourth-order valence-corrected chi connectivity index (χ4v) is 16.9. The molecule has 18 aromatic rings. The summed E-state index contributed by atoms with van der Waals surface area (Å²) in [6.07, 6.45) is 8.77. The Morgan fingerprint density at radius 1 is 0.467 bits per heavy atom. The Kier molecular flexibility index (Phi) is 21.1. The molecule has 3 unspecified atom stereocenters. The first-order valence-electron chi connectivity index (χ1n) is 37.1. The van der Waals surface area contributed by atoms with Crippen molar-refractivity contribution in [1.82, 2.24) is 102 Å². The average molecular weight is 1720 g/mol. The third-order valence-electron chi connectivity index (χ3n) is 20.0. The quantitative estimate of drug-likeness (QED) is 0.0530. The number of halogens is 8. The maximum absolute atomic E-state index is 14.3. The first-order chi connectivity index (χ1) is 58.6. The number of rotatable bonds is 18. The van der Waals surface area contributed by atoms with Gasteiger partial charge in [-0.05, 0) is 124 Å². The second-order valence-electron chi connectivity index (χ2n) is 28.0. The lowest BCUT2D eigenvalue weighted by atomic mass is 9.91. The highest BCUT2D eigenvalue weighted by molar-refractivity contribution is 7.17. The van der Waals surface area contributed by atoms with Crippen molar-refractivity contribution in [1.29, 1.82) is 0 Å². The standard InChI is InChI=1S/C28H20F4N8O2S.C27H22F2N8O3S.C26H20F2N8OS/c1-13(22-20(14-3-2-4-15(29)7-14)26(41)39-11-16(30)5-6-19(39)37-22)40-25-21(24(33)35-12-36-25)23(38-40)18-10-34-27(43-18)42-17-8-28(31,32)9-17;1-14(22-20(15-4-3-5-16(28)10-15)26(38)36-12-17(29)6-7-19(36)34-22)37-25-21(24(30)32-13-33-25)23(35-37)18-11-31-27(41-18)40-9-8-39-2;1-12-23(38-14(3)32-12)22-20-24(29)30-11-31-25(20)36(34-22)13(2)21-19(15-5-4-6-16(27)9-15)26(37)35-10-17(28)7-8-18(35)33-21/h2-7,10-13,17H,8-9H2,1H3,(H2,33,35,36);3-7,10-14H,8-9H2,1-2H3,(H2,30,32,33);4-11,13H,1-3H3,(H2,29,30,31). The van der Waals surface area contributed by atoms with Crippen LogP contribution in [0.25, 0.3) is 115 Å². The fourth-order valence-electron chi connectivity index (χ4n) is 14.3. The molecule has 3 aromatic carbocycles. The summed E-state index contributed by atoms with van der Waals surface area (Å²) in [5.74, 6) is -5.64. The number of nitrogen functional groups attached to an aromatic ring is 3. The molecular weight excluding hydrogens is 1650 g/mol. The number of hydrogen-bond acceptors (Lipinski definition) is 27. The molecule has 0 spiro atoms. The van der Waals surface area contributed by atoms with Crippen LogP contribution in [-0.4, -0.2) is 135 Å². The third kappa shape index (κ3) is 15.0. The molecule has 15 aromatic heterocycles. The molecule has 6 N–H and O–H groups in total. The van der Waals surface area contributed by atoms with Crippen LogP contribution in [-0.2, 0) is 4.74 Å². The topological polar surface area (TPSA) is 378 Å². The lowest BCUT2D eigenvalue weighted by Crippen LogP contribution is -2.43. The van der Waals surface area contributed by atoms with Gasteiger partial charge in [-0.3, -0.25) is 27.6 Å². The average Bonchev–Trinajstić information content (AvgIpc) is 1.58. The van der Waals surface area contributed by atoms with Crippen molar-refractivity contribution >= 4 is 102 Å². The van der Waals surface area contributed by atoms with Crippen molar-refractivity contribution < 1.29 is 49.3 Å². The van der Waals surface area contributed by atoms with Gasteiger partial charge >= 0.3 is 0 Å². The van der Waals surface area contributed by atoms with Crippen LogP contribution in [0.15, 0.2) is 174 Å². The smallest absolute Gasteiger partial charge is 0.274 e. The number of pyridine rings is 3. The molecular formula is C81H62F8N24O6S3. The lowest BCUT2D eigenvalue weighted by Gasteiger charge is -2.33. The summed E-state index contributed by atoms with van der Waals surface area (Å²) in [6, 6.07) is 22.4. The van der Waals surface area contributed by atoms with Crippen LogP contribution >= 0.6 is 34.0 Å². The van der Waals surface area contributed by atoms with E-state index in [4.69, 9.17) is 56.7 Å². The van der Waals surface area contributed by atoms with Crippen molar-refractivity contribution in [3.05, 3.63) is 253 Å². The van der Waals surface area contributed by atoms with Crippen LogP contribution in [0.2, 0.25) is 0 Å². The Morgan fingerprint density at radius 2 is 0.844 bits per heavy atom. The second-order valence-corrected chi connectivity index (χ2v) is 31.2. The molecule has 1 saturated carbocycles. The van der Waals surface area contributed by atoms with Gasteiger partial charge in [0, 0.05) is 38.5 Å². The number of aryl methyl sites for hydroxylation is 2. The number of hydrogen-bond donors (Lipinski definition) is 3. The number of ether oxygens (including phenoxy) is 3. The fraction of sp³-hybridized carbons (Fsp3) is 0.185. The number of alkyl halides is 2. The molecule has 122 heavy (non-hydrogen) atoms. The number of methoxy groups -OCH3 is 1. The van der Waals surface area contributed by atoms with Gasteiger partial charge in [0.15, 0.2) is 16.9 Å². The third-order valence-corrected chi connectivity index (χ3v) is 22.9. The monoisotopic (exact) mass is 1710 g/mol. The van der Waals surface area contributed by atoms with E-state index in [0.29, 0.717) is 89.6 Å². The molecule has 0 aliphatic heterocycles. The Hall–Kier alpha value is -14.3. The summed E-state index contributed by atoms with van der Waals surface area (Å²) in [7, 11) is 1.58. The Balaban J connectivity index is 0.000000130. The first-order valence-corrected chi connectivity index (χ1v) is 39.5. The second kappa shape index (κ2) is 32.1. The van der Waals surface area contributed by atoms with Gasteiger partial charge in [0.25, 0.3) is 33.0 Å². The normalized spacial score (nSPS) is 13.5. The van der Waals surface area contributed by atoms with E-state index in [1.165, 1.54) is 144 Å². The van der Waals surface area contributed by atoms with Crippen molar-refractivity contribution in [2.24, 2.45) is 0 Å². The lowest BCUT2D eigenvalue weighted by molar-refractivity contribution is -0.134. The Labute approximate surface area is 693 Å². The van der Waals surface area contributed by atoms with Gasteiger partial charge in [0.2, 0.25) is 0 Å². The highest BCUT2D eigenvalue weighted by Crippen LogP contribution is 2.45. The van der Waals surface area contributed by atoms with Crippen molar-refractivity contribution in [3.8, 4) is 75.5 Å². The van der Waals surface area contributed by atoms with Crippen LogP contribution in [0, 0.1) is 48.8 Å².